The van der Waals surface area contributed by atoms with Crippen molar-refractivity contribution in [3.63, 3.8) is 0 Å². The molecule has 0 fully saturated rings. The van der Waals surface area contributed by atoms with Crippen LogP contribution in [0, 0.1) is 20.8 Å². The Morgan fingerprint density at radius 1 is 1.00 bits per heavy atom. The van der Waals surface area contributed by atoms with Crippen molar-refractivity contribution in [2.75, 3.05) is 39.1 Å². The smallest absolute Gasteiger partial charge is 0.238 e. The molecule has 2 aromatic rings. The topological polar surface area (TPSA) is 70.7 Å². The molecule has 29 heavy (non-hydrogen) atoms. The molecule has 0 aliphatic heterocycles. The first-order valence-electron chi connectivity index (χ1n) is 9.75. The number of rotatable bonds is 9. The summed E-state index contributed by atoms with van der Waals surface area (Å²) in [4.78, 5) is 26.2. The quantitative estimate of drug-likeness (QED) is 0.683. The third-order valence-corrected chi connectivity index (χ3v) is 4.68. The average Bonchev–Trinajstić information content (AvgIpc) is 2.64. The normalized spacial score (nSPS) is 10.7. The van der Waals surface area contributed by atoms with Gasteiger partial charge in [-0.1, -0.05) is 35.9 Å². The van der Waals surface area contributed by atoms with Crippen molar-refractivity contribution in [1.29, 1.82) is 0 Å². The van der Waals surface area contributed by atoms with E-state index in [4.69, 9.17) is 4.74 Å². The number of amides is 2. The number of carbonyl (C=O) groups is 2. The fourth-order valence-corrected chi connectivity index (χ4v) is 3.40. The van der Waals surface area contributed by atoms with E-state index < -0.39 is 0 Å². The fraction of sp³-hybridized carbons (Fsp3) is 0.391. The summed E-state index contributed by atoms with van der Waals surface area (Å²) in [6.45, 7) is 6.81. The second-order valence-electron chi connectivity index (χ2n) is 7.41. The fourth-order valence-electron chi connectivity index (χ4n) is 3.40. The zero-order valence-electron chi connectivity index (χ0n) is 18.0. The number of benzene rings is 2. The van der Waals surface area contributed by atoms with Gasteiger partial charge >= 0.3 is 0 Å². The predicted molar refractivity (Wildman–Crippen MR) is 116 cm³/mol. The molecule has 0 saturated heterocycles. The molecule has 0 aliphatic rings. The minimum absolute atomic E-state index is 0.113. The molecular formula is C23H31N3O3. The van der Waals surface area contributed by atoms with Crippen molar-refractivity contribution in [3.8, 4) is 5.75 Å². The van der Waals surface area contributed by atoms with Crippen LogP contribution in [0.15, 0.2) is 36.4 Å². The summed E-state index contributed by atoms with van der Waals surface area (Å²) in [5, 5.41) is 5.85. The SMILES string of the molecule is COc1ccccc1CCNC(=O)CN(C)CC(=O)Nc1c(C)cc(C)cc1C. The maximum atomic E-state index is 12.4. The van der Waals surface area contributed by atoms with Crippen LogP contribution in [0.5, 0.6) is 5.75 Å². The average molecular weight is 398 g/mol. The summed E-state index contributed by atoms with van der Waals surface area (Å²) in [6, 6.07) is 11.8. The molecule has 2 amide bonds. The second-order valence-corrected chi connectivity index (χ2v) is 7.41. The summed E-state index contributed by atoms with van der Waals surface area (Å²) in [7, 11) is 3.39. The standard InChI is InChI=1S/C23H31N3O3/c1-16-12-17(2)23(18(3)13-16)25-22(28)15-26(4)14-21(27)24-11-10-19-8-6-7-9-20(19)29-5/h6-9,12-13H,10-11,14-15H2,1-5H3,(H,24,27)(H,25,28). The van der Waals surface area contributed by atoms with Crippen LogP contribution in [0.25, 0.3) is 0 Å². The van der Waals surface area contributed by atoms with Crippen LogP contribution in [0.3, 0.4) is 0 Å². The monoisotopic (exact) mass is 397 g/mol. The van der Waals surface area contributed by atoms with Gasteiger partial charge in [0.1, 0.15) is 5.75 Å². The lowest BCUT2D eigenvalue weighted by Crippen LogP contribution is -2.39. The molecule has 6 heteroatoms. The molecule has 156 valence electrons. The minimum atomic E-state index is -0.135. The Kier molecular flexibility index (Phi) is 8.21. The molecule has 0 saturated carbocycles. The zero-order valence-corrected chi connectivity index (χ0v) is 18.0. The number of carbonyl (C=O) groups excluding carboxylic acids is 2. The highest BCUT2D eigenvalue weighted by molar-refractivity contribution is 5.94. The van der Waals surface area contributed by atoms with Crippen molar-refractivity contribution < 1.29 is 14.3 Å². The molecule has 0 bridgehead atoms. The number of methoxy groups -OCH3 is 1. The van der Waals surface area contributed by atoms with E-state index >= 15 is 0 Å². The Labute approximate surface area is 173 Å². The van der Waals surface area contributed by atoms with Crippen molar-refractivity contribution >= 4 is 17.5 Å². The summed E-state index contributed by atoms with van der Waals surface area (Å²) < 4.78 is 5.32. The number of aryl methyl sites for hydroxylation is 3. The summed E-state index contributed by atoms with van der Waals surface area (Å²) in [5.74, 6) is 0.569. The summed E-state index contributed by atoms with van der Waals surface area (Å²) in [5.41, 5.74) is 5.13. The number of nitrogens with one attached hydrogen (secondary N) is 2. The van der Waals surface area contributed by atoms with E-state index in [1.54, 1.807) is 19.1 Å². The Balaban J connectivity index is 1.77. The van der Waals surface area contributed by atoms with Gasteiger partial charge in [0.2, 0.25) is 11.8 Å². The highest BCUT2D eigenvalue weighted by atomic mass is 16.5. The molecule has 2 N–H and O–H groups in total. The number of nitrogens with zero attached hydrogens (tertiary/aromatic N) is 1. The van der Waals surface area contributed by atoms with Crippen molar-refractivity contribution in [2.24, 2.45) is 0 Å². The minimum Gasteiger partial charge on any atom is -0.496 e. The van der Waals surface area contributed by atoms with Crippen molar-refractivity contribution in [1.82, 2.24) is 10.2 Å². The second kappa shape index (κ2) is 10.6. The summed E-state index contributed by atoms with van der Waals surface area (Å²) in [6.07, 6.45) is 0.686. The Bertz CT molecular complexity index is 841. The summed E-state index contributed by atoms with van der Waals surface area (Å²) >= 11 is 0. The van der Waals surface area contributed by atoms with Gasteiger partial charge in [0.25, 0.3) is 0 Å². The first-order chi connectivity index (χ1) is 13.8. The number of anilines is 1. The molecule has 0 radical (unpaired) electrons. The molecule has 0 aromatic heterocycles. The molecule has 0 unspecified atom stereocenters. The van der Waals surface area contributed by atoms with Crippen LogP contribution in [-0.2, 0) is 16.0 Å². The van der Waals surface area contributed by atoms with Gasteiger partial charge in [-0.2, -0.15) is 0 Å². The molecule has 2 rings (SSSR count). The van der Waals surface area contributed by atoms with Crippen molar-refractivity contribution in [3.05, 3.63) is 58.7 Å². The van der Waals surface area contributed by atoms with Crippen LogP contribution in [0.1, 0.15) is 22.3 Å². The van der Waals surface area contributed by atoms with Crippen molar-refractivity contribution in [2.45, 2.75) is 27.2 Å². The molecular weight excluding hydrogens is 366 g/mol. The highest BCUT2D eigenvalue weighted by Crippen LogP contribution is 2.21. The molecule has 0 spiro atoms. The number of hydrogen-bond acceptors (Lipinski definition) is 4. The molecule has 0 heterocycles. The first kappa shape index (κ1) is 22.4. The van der Waals surface area contributed by atoms with Gasteiger partial charge < -0.3 is 15.4 Å². The third-order valence-electron chi connectivity index (χ3n) is 4.68. The van der Waals surface area contributed by atoms with Crippen LogP contribution in [-0.4, -0.2) is 50.5 Å². The maximum Gasteiger partial charge on any atom is 0.238 e. The van der Waals surface area contributed by atoms with Gasteiger partial charge in [-0.3, -0.25) is 14.5 Å². The van der Waals surface area contributed by atoms with Gasteiger partial charge in [-0.15, -0.1) is 0 Å². The van der Waals surface area contributed by atoms with E-state index in [-0.39, 0.29) is 24.9 Å². The molecule has 2 aromatic carbocycles. The van der Waals surface area contributed by atoms with Crippen LogP contribution < -0.4 is 15.4 Å². The lowest BCUT2D eigenvalue weighted by atomic mass is 10.1. The largest absolute Gasteiger partial charge is 0.496 e. The van der Waals surface area contributed by atoms with E-state index in [0.29, 0.717) is 13.0 Å². The third kappa shape index (κ3) is 6.91. The lowest BCUT2D eigenvalue weighted by Gasteiger charge is -2.18. The van der Waals surface area contributed by atoms with Crippen LogP contribution in [0.2, 0.25) is 0 Å². The van der Waals surface area contributed by atoms with Gasteiger partial charge in [-0.25, -0.2) is 0 Å². The molecule has 0 atom stereocenters. The number of likely N-dealkylation sites (N-methyl/N-ethyl adjacent to an activating group) is 1. The number of hydrogen-bond donors (Lipinski definition) is 2. The molecule has 6 nitrogen and oxygen atoms in total. The van der Waals surface area contributed by atoms with E-state index in [2.05, 4.69) is 10.6 Å². The zero-order chi connectivity index (χ0) is 21.4. The van der Waals surface area contributed by atoms with Crippen LogP contribution in [0.4, 0.5) is 5.69 Å². The Morgan fingerprint density at radius 3 is 2.28 bits per heavy atom. The van der Waals surface area contributed by atoms with Gasteiger partial charge in [0.05, 0.1) is 20.2 Å². The maximum absolute atomic E-state index is 12.4. The van der Waals surface area contributed by atoms with Crippen LogP contribution >= 0.6 is 0 Å². The lowest BCUT2D eigenvalue weighted by molar-refractivity contribution is -0.122. The van der Waals surface area contributed by atoms with E-state index in [9.17, 15) is 9.59 Å². The highest BCUT2D eigenvalue weighted by Gasteiger charge is 2.13. The van der Waals surface area contributed by atoms with E-state index in [1.165, 1.54) is 5.56 Å². The molecule has 0 aliphatic carbocycles. The van der Waals surface area contributed by atoms with Gasteiger partial charge in [0.15, 0.2) is 0 Å². The number of para-hydroxylation sites is 1. The van der Waals surface area contributed by atoms with Gasteiger partial charge in [-0.05, 0) is 57.0 Å². The Hall–Kier alpha value is -2.86. The first-order valence-corrected chi connectivity index (χ1v) is 9.75. The van der Waals surface area contributed by atoms with E-state index in [1.807, 2.05) is 57.2 Å². The van der Waals surface area contributed by atoms with E-state index in [0.717, 1.165) is 28.1 Å². The predicted octanol–water partition coefficient (Wildman–Crippen LogP) is 2.85. The van der Waals surface area contributed by atoms with Gasteiger partial charge in [0, 0.05) is 12.2 Å². The Morgan fingerprint density at radius 2 is 1.62 bits per heavy atom. The number of ether oxygens (including phenoxy) is 1.